The molecule has 1 saturated heterocycles. The van der Waals surface area contributed by atoms with Crippen LogP contribution in [-0.4, -0.2) is 46.3 Å². The molecule has 0 aliphatic carbocycles. The highest BCUT2D eigenvalue weighted by atomic mass is 16.5. The monoisotopic (exact) mass is 276 g/mol. The Labute approximate surface area is 120 Å². The van der Waals surface area contributed by atoms with Gasteiger partial charge in [0.25, 0.3) is 0 Å². The van der Waals surface area contributed by atoms with Gasteiger partial charge in [0.1, 0.15) is 12.1 Å². The predicted octanol–water partition coefficient (Wildman–Crippen LogP) is 1.34. The van der Waals surface area contributed by atoms with Crippen molar-refractivity contribution in [3.8, 4) is 0 Å². The molecule has 3 heterocycles. The zero-order valence-electron chi connectivity index (χ0n) is 12.4. The Morgan fingerprint density at radius 1 is 1.50 bits per heavy atom. The molecule has 1 unspecified atom stereocenters. The van der Waals surface area contributed by atoms with E-state index < -0.39 is 0 Å². The minimum absolute atomic E-state index is 0.147. The zero-order chi connectivity index (χ0) is 14.0. The van der Waals surface area contributed by atoms with Gasteiger partial charge in [0.15, 0.2) is 0 Å². The average Bonchev–Trinajstić information content (AvgIpc) is 2.78. The van der Waals surface area contributed by atoms with E-state index in [9.17, 15) is 0 Å². The highest BCUT2D eigenvalue weighted by Crippen LogP contribution is 2.19. The first-order valence-electron chi connectivity index (χ1n) is 7.54. The van der Waals surface area contributed by atoms with Gasteiger partial charge in [0, 0.05) is 43.0 Å². The first-order chi connectivity index (χ1) is 9.62. The summed E-state index contributed by atoms with van der Waals surface area (Å²) in [5.74, 6) is 0. The normalized spacial score (nSPS) is 25.6. The lowest BCUT2D eigenvalue weighted by molar-refractivity contribution is 0.0231. The first-order valence-corrected chi connectivity index (χ1v) is 7.54. The zero-order valence-corrected chi connectivity index (χ0v) is 12.4. The summed E-state index contributed by atoms with van der Waals surface area (Å²) in [4.78, 5) is 11.0. The second kappa shape index (κ2) is 5.76. The standard InChI is InChI=1S/C15H24N4O/c1-15(2)18-13(10-20-15)4-3-6-19-7-5-14-12(9-19)8-16-11-17-14/h8,11,13,18H,3-7,9-10H2,1-2H3. The van der Waals surface area contributed by atoms with Crippen molar-refractivity contribution in [2.75, 3.05) is 19.7 Å². The van der Waals surface area contributed by atoms with Crippen LogP contribution in [-0.2, 0) is 17.7 Å². The van der Waals surface area contributed by atoms with Crippen LogP contribution in [0.3, 0.4) is 0 Å². The second-order valence-electron chi connectivity index (χ2n) is 6.33. The van der Waals surface area contributed by atoms with Gasteiger partial charge in [-0.15, -0.1) is 0 Å². The fourth-order valence-electron chi connectivity index (χ4n) is 3.12. The van der Waals surface area contributed by atoms with Gasteiger partial charge in [-0.05, 0) is 33.2 Å². The van der Waals surface area contributed by atoms with Crippen LogP contribution < -0.4 is 5.32 Å². The van der Waals surface area contributed by atoms with E-state index in [1.165, 1.54) is 24.1 Å². The van der Waals surface area contributed by atoms with Crippen LogP contribution >= 0.6 is 0 Å². The minimum Gasteiger partial charge on any atom is -0.360 e. The summed E-state index contributed by atoms with van der Waals surface area (Å²) in [5.41, 5.74) is 2.37. The third-order valence-electron chi connectivity index (χ3n) is 4.16. The summed E-state index contributed by atoms with van der Waals surface area (Å²) < 4.78 is 5.70. The molecule has 2 aliphatic heterocycles. The van der Waals surface area contributed by atoms with Crippen LogP contribution in [0, 0.1) is 0 Å². The van der Waals surface area contributed by atoms with Gasteiger partial charge in [-0.1, -0.05) is 0 Å². The largest absolute Gasteiger partial charge is 0.360 e. The third-order valence-corrected chi connectivity index (χ3v) is 4.16. The first kappa shape index (κ1) is 13.9. The SMILES string of the molecule is CC1(C)NC(CCCN2CCc3ncncc3C2)CO1. The van der Waals surface area contributed by atoms with Gasteiger partial charge < -0.3 is 4.74 Å². The Hall–Kier alpha value is -1.04. The van der Waals surface area contributed by atoms with Crippen LogP contribution in [0.4, 0.5) is 0 Å². The molecule has 1 N–H and O–H groups in total. The topological polar surface area (TPSA) is 50.3 Å². The van der Waals surface area contributed by atoms with E-state index in [1.54, 1.807) is 6.33 Å². The Kier molecular flexibility index (Phi) is 4.01. The molecule has 1 atom stereocenters. The van der Waals surface area contributed by atoms with E-state index >= 15 is 0 Å². The van der Waals surface area contributed by atoms with Crippen molar-refractivity contribution in [2.24, 2.45) is 0 Å². The summed E-state index contributed by atoms with van der Waals surface area (Å²) in [6.07, 6.45) is 7.05. The Morgan fingerprint density at radius 2 is 2.40 bits per heavy atom. The molecule has 110 valence electrons. The van der Waals surface area contributed by atoms with Crippen molar-refractivity contribution >= 4 is 0 Å². The van der Waals surface area contributed by atoms with Crippen LogP contribution in [0.25, 0.3) is 0 Å². The summed E-state index contributed by atoms with van der Waals surface area (Å²) >= 11 is 0. The van der Waals surface area contributed by atoms with E-state index in [-0.39, 0.29) is 5.72 Å². The molecular weight excluding hydrogens is 252 g/mol. The van der Waals surface area contributed by atoms with Crippen LogP contribution in [0.5, 0.6) is 0 Å². The van der Waals surface area contributed by atoms with Gasteiger partial charge in [0.05, 0.1) is 6.61 Å². The van der Waals surface area contributed by atoms with Crippen LogP contribution in [0.2, 0.25) is 0 Å². The molecule has 0 radical (unpaired) electrons. The summed E-state index contributed by atoms with van der Waals surface area (Å²) in [7, 11) is 0. The molecule has 3 rings (SSSR count). The molecule has 5 nitrogen and oxygen atoms in total. The minimum atomic E-state index is -0.147. The summed E-state index contributed by atoms with van der Waals surface area (Å²) in [5, 5.41) is 3.52. The maximum absolute atomic E-state index is 5.70. The molecular formula is C15H24N4O. The number of fused-ring (bicyclic) bond motifs is 1. The van der Waals surface area contributed by atoms with E-state index in [0.717, 1.165) is 32.7 Å². The van der Waals surface area contributed by atoms with Crippen molar-refractivity contribution in [1.29, 1.82) is 0 Å². The molecule has 1 aromatic rings. The van der Waals surface area contributed by atoms with Gasteiger partial charge in [-0.3, -0.25) is 10.2 Å². The number of rotatable bonds is 4. The maximum Gasteiger partial charge on any atom is 0.115 e. The Morgan fingerprint density at radius 3 is 3.20 bits per heavy atom. The molecule has 0 aromatic carbocycles. The van der Waals surface area contributed by atoms with Gasteiger partial charge in [0.2, 0.25) is 0 Å². The van der Waals surface area contributed by atoms with E-state index in [2.05, 4.69) is 34.0 Å². The highest BCUT2D eigenvalue weighted by molar-refractivity contribution is 5.18. The van der Waals surface area contributed by atoms with Gasteiger partial charge in [-0.2, -0.15) is 0 Å². The number of nitrogens with zero attached hydrogens (tertiary/aromatic N) is 3. The smallest absolute Gasteiger partial charge is 0.115 e. The molecule has 1 fully saturated rings. The number of aromatic nitrogens is 2. The number of ether oxygens (including phenoxy) is 1. The second-order valence-corrected chi connectivity index (χ2v) is 6.33. The molecule has 5 heteroatoms. The maximum atomic E-state index is 5.70. The fraction of sp³-hybridized carbons (Fsp3) is 0.733. The quantitative estimate of drug-likeness (QED) is 0.899. The predicted molar refractivity (Wildman–Crippen MR) is 77.2 cm³/mol. The molecule has 0 saturated carbocycles. The van der Waals surface area contributed by atoms with E-state index in [1.807, 2.05) is 6.20 Å². The third kappa shape index (κ3) is 3.34. The lowest BCUT2D eigenvalue weighted by atomic mass is 10.1. The van der Waals surface area contributed by atoms with Crippen molar-refractivity contribution < 1.29 is 4.74 Å². The van der Waals surface area contributed by atoms with Gasteiger partial charge in [-0.25, -0.2) is 9.97 Å². The molecule has 2 aliphatic rings. The number of hydrogen-bond acceptors (Lipinski definition) is 5. The lowest BCUT2D eigenvalue weighted by Gasteiger charge is -2.28. The average molecular weight is 276 g/mol. The highest BCUT2D eigenvalue weighted by Gasteiger charge is 2.30. The number of hydrogen-bond donors (Lipinski definition) is 1. The molecule has 0 spiro atoms. The fourth-order valence-corrected chi connectivity index (χ4v) is 3.12. The summed E-state index contributed by atoms with van der Waals surface area (Å²) in [6, 6.07) is 0.505. The van der Waals surface area contributed by atoms with Crippen molar-refractivity contribution in [3.63, 3.8) is 0 Å². The van der Waals surface area contributed by atoms with Crippen LogP contribution in [0.15, 0.2) is 12.5 Å². The van der Waals surface area contributed by atoms with Crippen LogP contribution in [0.1, 0.15) is 37.9 Å². The number of nitrogens with one attached hydrogen (secondary N) is 1. The Bertz CT molecular complexity index is 463. The molecule has 20 heavy (non-hydrogen) atoms. The van der Waals surface area contributed by atoms with Crippen molar-refractivity contribution in [3.05, 3.63) is 23.8 Å². The Balaban J connectivity index is 1.42. The van der Waals surface area contributed by atoms with Gasteiger partial charge >= 0.3 is 0 Å². The summed E-state index contributed by atoms with van der Waals surface area (Å²) in [6.45, 7) is 8.28. The molecule has 0 bridgehead atoms. The van der Waals surface area contributed by atoms with Crippen molar-refractivity contribution in [1.82, 2.24) is 20.2 Å². The lowest BCUT2D eigenvalue weighted by Crippen LogP contribution is -2.39. The molecule has 1 aromatic heterocycles. The molecule has 0 amide bonds. The van der Waals surface area contributed by atoms with E-state index in [4.69, 9.17) is 4.74 Å². The van der Waals surface area contributed by atoms with E-state index in [0.29, 0.717) is 6.04 Å². The van der Waals surface area contributed by atoms with Crippen molar-refractivity contribution in [2.45, 2.75) is 51.4 Å².